The lowest BCUT2D eigenvalue weighted by molar-refractivity contribution is 1.10. The molecule has 0 spiro atoms. The van der Waals surface area contributed by atoms with Gasteiger partial charge in [-0.1, -0.05) is 6.58 Å². The molecule has 3 nitrogen and oxygen atoms in total. The highest BCUT2D eigenvalue weighted by molar-refractivity contribution is 8.02. The SMILES string of the molecule is C=C(N)SCc1ccnc(CC#N)c1. The molecular formula is C10H11N3S. The van der Waals surface area contributed by atoms with Crippen molar-refractivity contribution in [1.29, 1.82) is 5.26 Å². The number of nitriles is 1. The first-order valence-electron chi connectivity index (χ1n) is 4.10. The molecule has 0 saturated carbocycles. The van der Waals surface area contributed by atoms with Gasteiger partial charge in [0, 0.05) is 11.9 Å². The minimum Gasteiger partial charge on any atom is -0.394 e. The van der Waals surface area contributed by atoms with Crippen LogP contribution in [0.2, 0.25) is 0 Å². The van der Waals surface area contributed by atoms with E-state index in [4.69, 9.17) is 11.0 Å². The third kappa shape index (κ3) is 3.50. The van der Waals surface area contributed by atoms with Gasteiger partial charge in [0.05, 0.1) is 23.2 Å². The summed E-state index contributed by atoms with van der Waals surface area (Å²) in [5, 5.41) is 9.10. The fourth-order valence-electron chi connectivity index (χ4n) is 0.972. The van der Waals surface area contributed by atoms with Crippen LogP contribution in [-0.2, 0) is 12.2 Å². The summed E-state index contributed by atoms with van der Waals surface area (Å²) in [5.41, 5.74) is 7.35. The van der Waals surface area contributed by atoms with Crippen molar-refractivity contribution in [3.63, 3.8) is 0 Å². The number of rotatable bonds is 4. The molecule has 1 rings (SSSR count). The Bertz CT molecular complexity index is 368. The third-order valence-electron chi connectivity index (χ3n) is 1.57. The Kier molecular flexibility index (Phi) is 4.02. The Balaban J connectivity index is 2.64. The summed E-state index contributed by atoms with van der Waals surface area (Å²) in [4.78, 5) is 4.07. The molecule has 14 heavy (non-hydrogen) atoms. The molecule has 0 aromatic carbocycles. The van der Waals surface area contributed by atoms with Gasteiger partial charge < -0.3 is 5.73 Å². The molecule has 72 valence electrons. The molecule has 0 unspecified atom stereocenters. The maximum Gasteiger partial charge on any atom is 0.0774 e. The average Bonchev–Trinajstić information content (AvgIpc) is 2.16. The summed E-state index contributed by atoms with van der Waals surface area (Å²) in [5.74, 6) is 0.774. The second kappa shape index (κ2) is 5.30. The molecule has 0 aliphatic heterocycles. The molecule has 0 saturated heterocycles. The highest BCUT2D eigenvalue weighted by Crippen LogP contribution is 2.16. The van der Waals surface area contributed by atoms with E-state index in [1.165, 1.54) is 11.8 Å². The van der Waals surface area contributed by atoms with Crippen molar-refractivity contribution in [2.45, 2.75) is 12.2 Å². The van der Waals surface area contributed by atoms with E-state index in [9.17, 15) is 0 Å². The lowest BCUT2D eigenvalue weighted by Gasteiger charge is -2.01. The Hall–Kier alpha value is -1.47. The lowest BCUT2D eigenvalue weighted by Crippen LogP contribution is -1.93. The van der Waals surface area contributed by atoms with Gasteiger partial charge in [-0.15, -0.1) is 11.8 Å². The summed E-state index contributed by atoms with van der Waals surface area (Å²) in [6.45, 7) is 3.60. The molecule has 0 aliphatic carbocycles. The van der Waals surface area contributed by atoms with Crippen LogP contribution in [0.3, 0.4) is 0 Å². The van der Waals surface area contributed by atoms with Gasteiger partial charge in [-0.25, -0.2) is 0 Å². The Labute approximate surface area is 87.6 Å². The fourth-order valence-corrected chi connectivity index (χ4v) is 1.50. The first-order chi connectivity index (χ1) is 6.72. The standard InChI is InChI=1S/C10H11N3S/c1-8(12)14-7-9-3-5-13-10(6-9)2-4-11/h3,5-6H,1-2,7,12H2. The van der Waals surface area contributed by atoms with E-state index >= 15 is 0 Å². The van der Waals surface area contributed by atoms with E-state index in [1.807, 2.05) is 12.1 Å². The van der Waals surface area contributed by atoms with Crippen LogP contribution in [0, 0.1) is 11.3 Å². The number of thioether (sulfide) groups is 1. The van der Waals surface area contributed by atoms with Gasteiger partial charge in [-0.05, 0) is 17.7 Å². The van der Waals surface area contributed by atoms with Gasteiger partial charge in [0.1, 0.15) is 0 Å². The van der Waals surface area contributed by atoms with Gasteiger partial charge in [0.15, 0.2) is 0 Å². The molecule has 4 heteroatoms. The van der Waals surface area contributed by atoms with Gasteiger partial charge in [-0.3, -0.25) is 4.98 Å². The molecule has 0 radical (unpaired) electrons. The molecule has 0 amide bonds. The van der Waals surface area contributed by atoms with Crippen LogP contribution in [0.5, 0.6) is 0 Å². The normalized spacial score (nSPS) is 9.36. The first kappa shape index (κ1) is 10.6. The maximum atomic E-state index is 8.50. The van der Waals surface area contributed by atoms with Gasteiger partial charge in [0.25, 0.3) is 0 Å². The summed E-state index contributed by atoms with van der Waals surface area (Å²) in [6.07, 6.45) is 2.06. The van der Waals surface area contributed by atoms with Crippen LogP contribution >= 0.6 is 11.8 Å². The van der Waals surface area contributed by atoms with Crippen molar-refractivity contribution in [3.05, 3.63) is 41.2 Å². The van der Waals surface area contributed by atoms with Crippen LogP contribution in [0.1, 0.15) is 11.3 Å². The van der Waals surface area contributed by atoms with Gasteiger partial charge in [-0.2, -0.15) is 5.26 Å². The number of hydrogen-bond acceptors (Lipinski definition) is 4. The zero-order valence-electron chi connectivity index (χ0n) is 7.73. The number of aromatic nitrogens is 1. The topological polar surface area (TPSA) is 62.7 Å². The first-order valence-corrected chi connectivity index (χ1v) is 5.09. The van der Waals surface area contributed by atoms with Crippen molar-refractivity contribution in [1.82, 2.24) is 4.98 Å². The van der Waals surface area contributed by atoms with E-state index in [-0.39, 0.29) is 0 Å². The van der Waals surface area contributed by atoms with Crippen LogP contribution in [0.25, 0.3) is 0 Å². The zero-order chi connectivity index (χ0) is 10.4. The monoisotopic (exact) mass is 205 g/mol. The van der Waals surface area contributed by atoms with Crippen LogP contribution in [0.15, 0.2) is 29.9 Å². The predicted octanol–water partition coefficient (Wildman–Crippen LogP) is 1.81. The molecule has 0 atom stereocenters. The lowest BCUT2D eigenvalue weighted by atomic mass is 10.2. The second-order valence-electron chi connectivity index (χ2n) is 2.75. The smallest absolute Gasteiger partial charge is 0.0774 e. The fraction of sp³-hybridized carbons (Fsp3) is 0.200. The second-order valence-corrected chi connectivity index (χ2v) is 3.85. The average molecular weight is 205 g/mol. The van der Waals surface area contributed by atoms with Gasteiger partial charge in [0.2, 0.25) is 0 Å². The highest BCUT2D eigenvalue weighted by atomic mass is 32.2. The molecule has 2 N–H and O–H groups in total. The van der Waals surface area contributed by atoms with E-state index in [2.05, 4.69) is 17.6 Å². The largest absolute Gasteiger partial charge is 0.394 e. The van der Waals surface area contributed by atoms with Crippen molar-refractivity contribution in [2.75, 3.05) is 0 Å². The zero-order valence-corrected chi connectivity index (χ0v) is 8.55. The number of nitrogens with zero attached hydrogens (tertiary/aromatic N) is 2. The Morgan fingerprint density at radius 1 is 1.71 bits per heavy atom. The Morgan fingerprint density at radius 2 is 2.50 bits per heavy atom. The van der Waals surface area contributed by atoms with Crippen LogP contribution in [-0.4, -0.2) is 4.98 Å². The van der Waals surface area contributed by atoms with E-state index in [0.717, 1.165) is 17.0 Å². The molecule has 1 heterocycles. The minimum atomic E-state index is 0.349. The van der Waals surface area contributed by atoms with Crippen LogP contribution in [0.4, 0.5) is 0 Å². The van der Waals surface area contributed by atoms with E-state index < -0.39 is 0 Å². The van der Waals surface area contributed by atoms with Crippen molar-refractivity contribution >= 4 is 11.8 Å². The minimum absolute atomic E-state index is 0.349. The predicted molar refractivity (Wildman–Crippen MR) is 58.2 cm³/mol. The third-order valence-corrected chi connectivity index (χ3v) is 2.41. The van der Waals surface area contributed by atoms with Crippen molar-refractivity contribution in [2.24, 2.45) is 5.73 Å². The number of hydrogen-bond donors (Lipinski definition) is 1. The summed E-state index contributed by atoms with van der Waals surface area (Å²) in [7, 11) is 0. The molecule has 1 aromatic rings. The summed E-state index contributed by atoms with van der Waals surface area (Å²) < 4.78 is 0. The highest BCUT2D eigenvalue weighted by Gasteiger charge is 1.97. The van der Waals surface area contributed by atoms with Crippen molar-refractivity contribution < 1.29 is 0 Å². The summed E-state index contributed by atoms with van der Waals surface area (Å²) >= 11 is 1.48. The van der Waals surface area contributed by atoms with E-state index in [0.29, 0.717) is 11.4 Å². The van der Waals surface area contributed by atoms with E-state index in [1.54, 1.807) is 6.20 Å². The number of pyridine rings is 1. The maximum absolute atomic E-state index is 8.50. The van der Waals surface area contributed by atoms with Crippen LogP contribution < -0.4 is 5.73 Å². The molecule has 0 bridgehead atoms. The molecule has 0 fully saturated rings. The Morgan fingerprint density at radius 3 is 3.14 bits per heavy atom. The summed E-state index contributed by atoms with van der Waals surface area (Å²) in [6, 6.07) is 5.89. The molecule has 1 aromatic heterocycles. The molecular weight excluding hydrogens is 194 g/mol. The quantitative estimate of drug-likeness (QED) is 0.814. The number of nitrogens with two attached hydrogens (primary N) is 1. The van der Waals surface area contributed by atoms with Crippen molar-refractivity contribution in [3.8, 4) is 6.07 Å². The van der Waals surface area contributed by atoms with Gasteiger partial charge >= 0.3 is 0 Å². The molecule has 0 aliphatic rings.